The predicted molar refractivity (Wildman–Crippen MR) is 106 cm³/mol. The van der Waals surface area contributed by atoms with Gasteiger partial charge in [-0.2, -0.15) is 4.31 Å². The average molecular weight is 405 g/mol. The normalized spacial score (nSPS) is 19.4. The van der Waals surface area contributed by atoms with Gasteiger partial charge in [0.05, 0.1) is 15.9 Å². The average Bonchev–Trinajstić information content (AvgIpc) is 2.67. The summed E-state index contributed by atoms with van der Waals surface area (Å²) in [6.07, 6.45) is -0.652. The fraction of sp³-hybridized carbons (Fsp3) is 0.368. The lowest BCUT2D eigenvalue weighted by Gasteiger charge is -2.40. The summed E-state index contributed by atoms with van der Waals surface area (Å²) >= 11 is 0. The molecule has 1 aliphatic heterocycles. The van der Waals surface area contributed by atoms with E-state index in [1.165, 1.54) is 28.6 Å². The summed E-state index contributed by atoms with van der Waals surface area (Å²) < 4.78 is 27.5. The molecule has 0 spiro atoms. The van der Waals surface area contributed by atoms with Crippen molar-refractivity contribution in [2.45, 2.75) is 30.9 Å². The Morgan fingerprint density at radius 1 is 1.11 bits per heavy atom. The van der Waals surface area contributed by atoms with Crippen LogP contribution in [0.2, 0.25) is 0 Å². The monoisotopic (exact) mass is 405 g/mol. The summed E-state index contributed by atoms with van der Waals surface area (Å²) in [4.78, 5) is 12.6. The minimum atomic E-state index is -3.64. The number of rotatable bonds is 5. The smallest absolute Gasteiger partial charge is 0.269 e. The SMILES string of the molecule is C[C@@H]1CN(c2ccc([N+](=O)[O-])cc2)CCN1S(=O)(=O)c1ccc([C@@H](C)O)cc1. The quantitative estimate of drug-likeness (QED) is 0.606. The summed E-state index contributed by atoms with van der Waals surface area (Å²) in [7, 11) is -3.64. The maximum Gasteiger partial charge on any atom is 0.269 e. The summed E-state index contributed by atoms with van der Waals surface area (Å²) in [5.74, 6) is 0. The Labute approximate surface area is 164 Å². The topological polar surface area (TPSA) is 104 Å². The van der Waals surface area contributed by atoms with E-state index < -0.39 is 21.1 Å². The zero-order valence-corrected chi connectivity index (χ0v) is 16.5. The second kappa shape index (κ2) is 7.86. The van der Waals surface area contributed by atoms with Crippen LogP contribution in [0.5, 0.6) is 0 Å². The van der Waals surface area contributed by atoms with Crippen LogP contribution in [0.4, 0.5) is 11.4 Å². The van der Waals surface area contributed by atoms with E-state index in [2.05, 4.69) is 0 Å². The highest BCUT2D eigenvalue weighted by molar-refractivity contribution is 7.89. The van der Waals surface area contributed by atoms with E-state index in [1.54, 1.807) is 31.2 Å². The molecular weight excluding hydrogens is 382 g/mol. The number of nitro benzene ring substituents is 1. The summed E-state index contributed by atoms with van der Waals surface area (Å²) in [6.45, 7) is 4.77. The fourth-order valence-electron chi connectivity index (χ4n) is 3.37. The van der Waals surface area contributed by atoms with Crippen LogP contribution in [-0.2, 0) is 10.0 Å². The van der Waals surface area contributed by atoms with E-state index in [-0.39, 0.29) is 16.6 Å². The van der Waals surface area contributed by atoms with Gasteiger partial charge in [0.2, 0.25) is 10.0 Å². The number of sulfonamides is 1. The van der Waals surface area contributed by atoms with Crippen LogP contribution >= 0.6 is 0 Å². The number of nitrogens with zero attached hydrogens (tertiary/aromatic N) is 3. The van der Waals surface area contributed by atoms with Gasteiger partial charge in [0.25, 0.3) is 5.69 Å². The first-order chi connectivity index (χ1) is 13.2. The van der Waals surface area contributed by atoms with Gasteiger partial charge in [0.15, 0.2) is 0 Å². The van der Waals surface area contributed by atoms with Crippen molar-refractivity contribution in [3.05, 3.63) is 64.2 Å². The molecule has 0 saturated carbocycles. The van der Waals surface area contributed by atoms with Crippen molar-refractivity contribution in [1.82, 2.24) is 4.31 Å². The number of anilines is 1. The third kappa shape index (κ3) is 4.01. The van der Waals surface area contributed by atoms with Gasteiger partial charge in [-0.25, -0.2) is 8.42 Å². The molecule has 8 nitrogen and oxygen atoms in total. The van der Waals surface area contributed by atoms with Crippen molar-refractivity contribution < 1.29 is 18.4 Å². The third-order valence-electron chi connectivity index (χ3n) is 4.96. The van der Waals surface area contributed by atoms with Crippen molar-refractivity contribution in [2.75, 3.05) is 24.5 Å². The van der Waals surface area contributed by atoms with Crippen molar-refractivity contribution in [3.63, 3.8) is 0 Å². The molecule has 2 aromatic rings. The highest BCUT2D eigenvalue weighted by atomic mass is 32.2. The van der Waals surface area contributed by atoms with Gasteiger partial charge in [-0.05, 0) is 43.7 Å². The van der Waals surface area contributed by atoms with Crippen LogP contribution in [0.3, 0.4) is 0 Å². The molecule has 0 bridgehead atoms. The summed E-state index contributed by atoms with van der Waals surface area (Å²) in [5, 5.41) is 20.4. The molecule has 0 aliphatic carbocycles. The minimum Gasteiger partial charge on any atom is -0.389 e. The fourth-order valence-corrected chi connectivity index (χ4v) is 4.98. The van der Waals surface area contributed by atoms with E-state index in [1.807, 2.05) is 11.8 Å². The molecule has 0 amide bonds. The molecule has 2 atom stereocenters. The van der Waals surface area contributed by atoms with Crippen molar-refractivity contribution in [3.8, 4) is 0 Å². The van der Waals surface area contributed by atoms with Crippen molar-refractivity contribution in [2.24, 2.45) is 0 Å². The molecule has 9 heteroatoms. The first-order valence-electron chi connectivity index (χ1n) is 8.99. The second-order valence-corrected chi connectivity index (χ2v) is 8.82. The number of nitro groups is 1. The van der Waals surface area contributed by atoms with Crippen LogP contribution in [0.25, 0.3) is 0 Å². The molecule has 28 heavy (non-hydrogen) atoms. The maximum absolute atomic E-state index is 13.0. The van der Waals surface area contributed by atoms with Crippen LogP contribution < -0.4 is 4.90 Å². The van der Waals surface area contributed by atoms with Gasteiger partial charge >= 0.3 is 0 Å². The highest BCUT2D eigenvalue weighted by Gasteiger charge is 2.33. The molecule has 1 N–H and O–H groups in total. The first kappa shape index (κ1) is 20.2. The predicted octanol–water partition coefficient (Wildman–Crippen LogP) is 2.55. The number of hydrogen-bond donors (Lipinski definition) is 1. The standard InChI is InChI=1S/C19H23N3O5S/c1-14-13-20(17-5-7-18(8-6-17)22(24)25)11-12-21(14)28(26,27)19-9-3-16(4-10-19)15(2)23/h3-10,14-15,23H,11-13H2,1-2H3/t14-,15-/m1/s1. The molecule has 150 valence electrons. The summed E-state index contributed by atoms with van der Waals surface area (Å²) in [5.41, 5.74) is 1.52. The molecule has 0 aromatic heterocycles. The van der Waals surface area contributed by atoms with Crippen LogP contribution in [0, 0.1) is 10.1 Å². The van der Waals surface area contributed by atoms with Crippen LogP contribution in [-0.4, -0.2) is 48.4 Å². The zero-order chi connectivity index (χ0) is 20.5. The molecular formula is C19H23N3O5S. The number of benzene rings is 2. The second-order valence-electron chi connectivity index (χ2n) is 6.93. The lowest BCUT2D eigenvalue weighted by molar-refractivity contribution is -0.384. The molecule has 1 heterocycles. The lowest BCUT2D eigenvalue weighted by Crippen LogP contribution is -2.54. The van der Waals surface area contributed by atoms with E-state index in [9.17, 15) is 23.6 Å². The Balaban J connectivity index is 1.74. The van der Waals surface area contributed by atoms with Crippen LogP contribution in [0.15, 0.2) is 53.4 Å². The van der Waals surface area contributed by atoms with Gasteiger partial charge in [0, 0.05) is 43.5 Å². The Morgan fingerprint density at radius 3 is 2.21 bits per heavy atom. The molecule has 2 aromatic carbocycles. The zero-order valence-electron chi connectivity index (χ0n) is 15.7. The summed E-state index contributed by atoms with van der Waals surface area (Å²) in [6, 6.07) is 12.3. The molecule has 1 fully saturated rings. The van der Waals surface area contributed by atoms with Gasteiger partial charge in [0.1, 0.15) is 0 Å². The molecule has 0 radical (unpaired) electrons. The number of hydrogen-bond acceptors (Lipinski definition) is 6. The van der Waals surface area contributed by atoms with Gasteiger partial charge in [-0.3, -0.25) is 10.1 Å². The first-order valence-corrected chi connectivity index (χ1v) is 10.4. The third-order valence-corrected chi connectivity index (χ3v) is 6.99. The van der Waals surface area contributed by atoms with Gasteiger partial charge in [-0.15, -0.1) is 0 Å². The molecule has 1 saturated heterocycles. The molecule has 1 aliphatic rings. The van der Waals surface area contributed by atoms with Crippen molar-refractivity contribution in [1.29, 1.82) is 0 Å². The highest BCUT2D eigenvalue weighted by Crippen LogP contribution is 2.26. The van der Waals surface area contributed by atoms with Gasteiger partial charge < -0.3 is 10.0 Å². The van der Waals surface area contributed by atoms with E-state index in [4.69, 9.17) is 0 Å². The van der Waals surface area contributed by atoms with E-state index >= 15 is 0 Å². The number of aliphatic hydroxyl groups excluding tert-OH is 1. The molecule has 0 unspecified atom stereocenters. The lowest BCUT2D eigenvalue weighted by atomic mass is 10.1. The van der Waals surface area contributed by atoms with Gasteiger partial charge in [-0.1, -0.05) is 12.1 Å². The minimum absolute atomic E-state index is 0.0265. The Kier molecular flexibility index (Phi) is 5.69. The maximum atomic E-state index is 13.0. The van der Waals surface area contributed by atoms with Crippen molar-refractivity contribution >= 4 is 21.4 Å². The number of non-ortho nitro benzene ring substituents is 1. The Morgan fingerprint density at radius 2 is 1.71 bits per heavy atom. The number of aliphatic hydroxyl groups is 1. The Hall–Kier alpha value is -2.49. The number of piperazine rings is 1. The van der Waals surface area contributed by atoms with E-state index in [0.717, 1.165) is 5.69 Å². The largest absolute Gasteiger partial charge is 0.389 e. The van der Waals surface area contributed by atoms with E-state index in [0.29, 0.717) is 25.2 Å². The van der Waals surface area contributed by atoms with Crippen LogP contribution in [0.1, 0.15) is 25.5 Å². The Bertz CT molecular complexity index is 943. The molecule has 3 rings (SSSR count).